The van der Waals surface area contributed by atoms with Crippen molar-refractivity contribution in [2.24, 2.45) is 10.9 Å². The number of likely N-dealkylation sites (tertiary alicyclic amines) is 1. The molecule has 6 heteroatoms. The minimum absolute atomic E-state index is 0. The molecule has 2 rings (SSSR count). The molecule has 1 N–H and O–H groups in total. The lowest BCUT2D eigenvalue weighted by Crippen LogP contribution is -2.39. The highest BCUT2D eigenvalue weighted by molar-refractivity contribution is 14.0. The smallest absolute Gasteiger partial charge is 0.194 e. The normalized spacial score (nSPS) is 19.4. The van der Waals surface area contributed by atoms with Crippen molar-refractivity contribution < 1.29 is 9.15 Å². The van der Waals surface area contributed by atoms with Crippen molar-refractivity contribution >= 4 is 29.9 Å². The van der Waals surface area contributed by atoms with E-state index in [0.29, 0.717) is 12.5 Å². The van der Waals surface area contributed by atoms with E-state index in [0.717, 1.165) is 37.8 Å². The molecule has 0 spiro atoms. The Hall–Kier alpha value is -0.760. The maximum atomic E-state index is 5.29. The Morgan fingerprint density at radius 2 is 2.47 bits per heavy atom. The second-order valence-electron chi connectivity index (χ2n) is 4.54. The predicted molar refractivity (Wildman–Crippen MR) is 85.9 cm³/mol. The zero-order valence-electron chi connectivity index (χ0n) is 11.5. The van der Waals surface area contributed by atoms with Gasteiger partial charge in [-0.3, -0.25) is 4.99 Å². The van der Waals surface area contributed by atoms with Crippen LogP contribution in [0.3, 0.4) is 0 Å². The second kappa shape index (κ2) is 8.42. The number of rotatable bonds is 4. The van der Waals surface area contributed by atoms with Crippen LogP contribution in [0.15, 0.2) is 27.8 Å². The summed E-state index contributed by atoms with van der Waals surface area (Å²) in [6.45, 7) is 3.54. The fourth-order valence-electron chi connectivity index (χ4n) is 2.31. The predicted octanol–water partition coefficient (Wildman–Crippen LogP) is 1.94. The van der Waals surface area contributed by atoms with Gasteiger partial charge in [-0.1, -0.05) is 0 Å². The summed E-state index contributed by atoms with van der Waals surface area (Å²) >= 11 is 0. The van der Waals surface area contributed by atoms with Crippen LogP contribution in [0.4, 0.5) is 0 Å². The molecule has 0 radical (unpaired) electrons. The molecule has 2 heterocycles. The van der Waals surface area contributed by atoms with Gasteiger partial charge in [0.05, 0.1) is 19.4 Å². The molecular formula is C13H22IN3O2. The molecule has 1 aliphatic heterocycles. The summed E-state index contributed by atoms with van der Waals surface area (Å²) in [5.74, 6) is 2.46. The van der Waals surface area contributed by atoms with E-state index in [2.05, 4.69) is 15.2 Å². The summed E-state index contributed by atoms with van der Waals surface area (Å²) in [4.78, 5) is 6.58. The van der Waals surface area contributed by atoms with E-state index in [1.54, 1.807) is 13.4 Å². The fourth-order valence-corrected chi connectivity index (χ4v) is 2.31. The largest absolute Gasteiger partial charge is 0.467 e. The van der Waals surface area contributed by atoms with E-state index in [1.807, 2.05) is 19.2 Å². The summed E-state index contributed by atoms with van der Waals surface area (Å²) < 4.78 is 10.5. The number of ether oxygens (including phenoxy) is 1. The number of nitrogens with one attached hydrogen (secondary N) is 1. The third-order valence-corrected chi connectivity index (χ3v) is 3.20. The van der Waals surface area contributed by atoms with E-state index in [1.165, 1.54) is 0 Å². The lowest BCUT2D eigenvalue weighted by atomic mass is 10.1. The van der Waals surface area contributed by atoms with Gasteiger partial charge in [0.2, 0.25) is 0 Å². The number of guanidine groups is 1. The third-order valence-electron chi connectivity index (χ3n) is 3.20. The van der Waals surface area contributed by atoms with Crippen LogP contribution in [0.25, 0.3) is 0 Å². The molecule has 1 saturated heterocycles. The van der Waals surface area contributed by atoms with E-state index >= 15 is 0 Å². The molecule has 0 bridgehead atoms. The van der Waals surface area contributed by atoms with Gasteiger partial charge in [-0.15, -0.1) is 24.0 Å². The molecule has 0 aromatic carbocycles. The van der Waals surface area contributed by atoms with Crippen molar-refractivity contribution in [3.8, 4) is 0 Å². The standard InChI is InChI=1S/C13H21N3O2.HI/c1-14-13(15-8-12-4-3-7-18-12)16-6-5-11(9-16)10-17-2;/h3-4,7,11H,5-6,8-10H2,1-2H3,(H,14,15);1H. The summed E-state index contributed by atoms with van der Waals surface area (Å²) in [5, 5.41) is 3.32. The van der Waals surface area contributed by atoms with Crippen LogP contribution in [-0.4, -0.2) is 44.7 Å². The molecule has 5 nitrogen and oxygen atoms in total. The van der Waals surface area contributed by atoms with Gasteiger partial charge in [0.1, 0.15) is 5.76 Å². The highest BCUT2D eigenvalue weighted by Gasteiger charge is 2.24. The first-order valence-electron chi connectivity index (χ1n) is 6.30. The van der Waals surface area contributed by atoms with Gasteiger partial charge in [0.25, 0.3) is 0 Å². The second-order valence-corrected chi connectivity index (χ2v) is 4.54. The molecule has 1 aliphatic rings. The van der Waals surface area contributed by atoms with E-state index in [9.17, 15) is 0 Å². The molecule has 108 valence electrons. The van der Waals surface area contributed by atoms with Gasteiger partial charge in [-0.25, -0.2) is 0 Å². The van der Waals surface area contributed by atoms with Crippen molar-refractivity contribution in [3.05, 3.63) is 24.2 Å². The van der Waals surface area contributed by atoms with Crippen LogP contribution in [-0.2, 0) is 11.3 Å². The summed E-state index contributed by atoms with van der Waals surface area (Å²) in [7, 11) is 3.57. The Labute approximate surface area is 131 Å². The van der Waals surface area contributed by atoms with Crippen molar-refractivity contribution in [2.75, 3.05) is 33.9 Å². The van der Waals surface area contributed by atoms with Crippen molar-refractivity contribution in [2.45, 2.75) is 13.0 Å². The Bertz CT molecular complexity index is 381. The number of hydrogen-bond donors (Lipinski definition) is 1. The van der Waals surface area contributed by atoms with Crippen LogP contribution in [0.2, 0.25) is 0 Å². The average Bonchev–Trinajstić information content (AvgIpc) is 3.02. The molecule has 19 heavy (non-hydrogen) atoms. The Morgan fingerprint density at radius 3 is 3.11 bits per heavy atom. The fraction of sp³-hybridized carbons (Fsp3) is 0.615. The Balaban J connectivity index is 0.00000180. The van der Waals surface area contributed by atoms with Crippen molar-refractivity contribution in [1.29, 1.82) is 0 Å². The lowest BCUT2D eigenvalue weighted by Gasteiger charge is -2.21. The van der Waals surface area contributed by atoms with E-state index in [-0.39, 0.29) is 24.0 Å². The minimum Gasteiger partial charge on any atom is -0.467 e. The van der Waals surface area contributed by atoms with Crippen LogP contribution >= 0.6 is 24.0 Å². The van der Waals surface area contributed by atoms with Gasteiger partial charge in [-0.2, -0.15) is 0 Å². The summed E-state index contributed by atoms with van der Waals surface area (Å²) in [5.41, 5.74) is 0. The van der Waals surface area contributed by atoms with Crippen LogP contribution in [0.1, 0.15) is 12.2 Å². The Morgan fingerprint density at radius 1 is 1.63 bits per heavy atom. The van der Waals surface area contributed by atoms with Crippen molar-refractivity contribution in [3.63, 3.8) is 0 Å². The monoisotopic (exact) mass is 379 g/mol. The van der Waals surface area contributed by atoms with Crippen LogP contribution in [0.5, 0.6) is 0 Å². The molecule has 0 aliphatic carbocycles. The topological polar surface area (TPSA) is 50.0 Å². The van der Waals surface area contributed by atoms with E-state index < -0.39 is 0 Å². The lowest BCUT2D eigenvalue weighted by molar-refractivity contribution is 0.157. The molecular weight excluding hydrogens is 357 g/mol. The molecule has 1 aromatic heterocycles. The molecule has 1 unspecified atom stereocenters. The Kier molecular flexibility index (Phi) is 7.22. The number of hydrogen-bond acceptors (Lipinski definition) is 3. The molecule has 1 fully saturated rings. The van der Waals surface area contributed by atoms with Gasteiger partial charge in [0, 0.05) is 33.2 Å². The number of methoxy groups -OCH3 is 1. The summed E-state index contributed by atoms with van der Waals surface area (Å²) in [6.07, 6.45) is 2.85. The average molecular weight is 379 g/mol. The first kappa shape index (κ1) is 16.3. The van der Waals surface area contributed by atoms with Gasteiger partial charge < -0.3 is 19.4 Å². The van der Waals surface area contributed by atoms with Gasteiger partial charge >= 0.3 is 0 Å². The highest BCUT2D eigenvalue weighted by atomic mass is 127. The number of nitrogens with zero attached hydrogens (tertiary/aromatic N) is 2. The number of aliphatic imine (C=N–C) groups is 1. The maximum Gasteiger partial charge on any atom is 0.194 e. The van der Waals surface area contributed by atoms with Crippen molar-refractivity contribution in [1.82, 2.24) is 10.2 Å². The number of halogens is 1. The molecule has 1 aromatic rings. The zero-order valence-corrected chi connectivity index (χ0v) is 13.8. The highest BCUT2D eigenvalue weighted by Crippen LogP contribution is 2.16. The van der Waals surface area contributed by atoms with Gasteiger partial charge in [0.15, 0.2) is 5.96 Å². The number of furan rings is 1. The van der Waals surface area contributed by atoms with Crippen LogP contribution in [0, 0.1) is 5.92 Å². The first-order valence-corrected chi connectivity index (χ1v) is 6.30. The third kappa shape index (κ3) is 4.68. The maximum absolute atomic E-state index is 5.29. The van der Waals surface area contributed by atoms with Crippen LogP contribution < -0.4 is 5.32 Å². The summed E-state index contributed by atoms with van der Waals surface area (Å²) in [6, 6.07) is 3.85. The molecule has 1 atom stereocenters. The quantitative estimate of drug-likeness (QED) is 0.494. The van der Waals surface area contributed by atoms with Gasteiger partial charge in [-0.05, 0) is 18.6 Å². The molecule has 0 amide bonds. The first-order chi connectivity index (χ1) is 8.83. The minimum atomic E-state index is 0. The van der Waals surface area contributed by atoms with E-state index in [4.69, 9.17) is 9.15 Å². The molecule has 0 saturated carbocycles. The SMILES string of the molecule is CN=C(NCc1ccco1)N1CCC(COC)C1.I. The zero-order chi connectivity index (χ0) is 12.8.